The van der Waals surface area contributed by atoms with Gasteiger partial charge in [-0.25, -0.2) is 4.79 Å². The largest absolute Gasteiger partial charge is 0.406 e. The summed E-state index contributed by atoms with van der Waals surface area (Å²) in [6.07, 6.45) is 8.20. The molecule has 0 radical (unpaired) electrons. The number of anilines is 1. The van der Waals surface area contributed by atoms with Gasteiger partial charge in [-0.1, -0.05) is 61.2 Å². The summed E-state index contributed by atoms with van der Waals surface area (Å²) in [5.74, 6) is 0.441. The van der Waals surface area contributed by atoms with Gasteiger partial charge in [-0.3, -0.25) is 10.1 Å². The Bertz CT molecular complexity index is 1200. The van der Waals surface area contributed by atoms with Crippen LogP contribution in [0.15, 0.2) is 50.8 Å². The van der Waals surface area contributed by atoms with Crippen LogP contribution in [0.3, 0.4) is 0 Å². The average Bonchev–Trinajstić information content (AvgIpc) is 3.40. The lowest BCUT2D eigenvalue weighted by Crippen LogP contribution is -2.47. The van der Waals surface area contributed by atoms with Crippen molar-refractivity contribution >= 4 is 17.5 Å². The fraction of sp³-hybridized carbons (Fsp3) is 0.481. The minimum atomic E-state index is -0.937. The first kappa shape index (κ1) is 23.2. The number of nitrogens with one attached hydrogen (secondary N) is 2. The maximum absolute atomic E-state index is 12.9. The van der Waals surface area contributed by atoms with Gasteiger partial charge in [-0.05, 0) is 55.6 Å². The van der Waals surface area contributed by atoms with Crippen LogP contribution in [0.1, 0.15) is 79.3 Å². The van der Waals surface area contributed by atoms with Crippen molar-refractivity contribution in [3.05, 3.63) is 63.5 Å². The van der Waals surface area contributed by atoms with Crippen molar-refractivity contribution in [1.29, 1.82) is 5.26 Å². The minimum absolute atomic E-state index is 0.129. The van der Waals surface area contributed by atoms with Gasteiger partial charge in [0.1, 0.15) is 5.56 Å². The number of oxime groups is 1. The molecule has 2 aromatic rings. The van der Waals surface area contributed by atoms with Crippen molar-refractivity contribution in [3.63, 3.8) is 0 Å². The second kappa shape index (κ2) is 9.95. The number of carbonyl (C=O) groups excluding carboxylic acids is 1. The molecule has 3 aliphatic rings. The van der Waals surface area contributed by atoms with E-state index in [0.29, 0.717) is 49.1 Å². The molecule has 182 valence electrons. The Morgan fingerprint density at radius 3 is 2.57 bits per heavy atom. The van der Waals surface area contributed by atoms with Crippen molar-refractivity contribution in [2.45, 2.75) is 76.0 Å². The number of hydrogen-bond acceptors (Lipinski definition) is 7. The Morgan fingerprint density at radius 1 is 1.11 bits per heavy atom. The van der Waals surface area contributed by atoms with E-state index < -0.39 is 17.4 Å². The predicted molar refractivity (Wildman–Crippen MR) is 131 cm³/mol. The zero-order valence-electron chi connectivity index (χ0n) is 19.7. The Kier molecular flexibility index (Phi) is 6.58. The number of nitrogens with zero attached hydrogens (tertiary/aromatic N) is 2. The van der Waals surface area contributed by atoms with Crippen molar-refractivity contribution in [1.82, 2.24) is 5.32 Å². The van der Waals surface area contributed by atoms with Gasteiger partial charge in [0, 0.05) is 6.07 Å². The third kappa shape index (κ3) is 4.95. The molecule has 1 amide bonds. The Balaban J connectivity index is 1.23. The summed E-state index contributed by atoms with van der Waals surface area (Å²) in [5.41, 5.74) is 1.93. The Hall–Kier alpha value is -3.60. The number of amides is 1. The third-order valence-electron chi connectivity index (χ3n) is 7.60. The van der Waals surface area contributed by atoms with Gasteiger partial charge in [0.05, 0.1) is 17.2 Å². The summed E-state index contributed by atoms with van der Waals surface area (Å²) >= 11 is 0. The van der Waals surface area contributed by atoms with E-state index in [-0.39, 0.29) is 11.8 Å². The van der Waals surface area contributed by atoms with Gasteiger partial charge in [-0.15, -0.1) is 0 Å². The number of rotatable bonds is 6. The minimum Gasteiger partial charge on any atom is -0.406 e. The summed E-state index contributed by atoms with van der Waals surface area (Å²) in [6, 6.07) is 13.8. The van der Waals surface area contributed by atoms with Crippen molar-refractivity contribution in [2.24, 2.45) is 11.1 Å². The van der Waals surface area contributed by atoms with Crippen LogP contribution in [0.4, 0.5) is 5.88 Å². The molecule has 2 saturated carbocycles. The van der Waals surface area contributed by atoms with E-state index in [9.17, 15) is 14.9 Å². The number of benzene rings is 1. The topological polar surface area (TPSA) is 117 Å². The highest BCUT2D eigenvalue weighted by atomic mass is 16.7. The van der Waals surface area contributed by atoms with Crippen LogP contribution in [0.25, 0.3) is 0 Å². The zero-order chi connectivity index (χ0) is 24.3. The van der Waals surface area contributed by atoms with Gasteiger partial charge in [0.15, 0.2) is 0 Å². The Morgan fingerprint density at radius 2 is 1.86 bits per heavy atom. The first-order valence-electron chi connectivity index (χ1n) is 12.5. The third-order valence-corrected chi connectivity index (χ3v) is 7.60. The summed E-state index contributed by atoms with van der Waals surface area (Å²) in [7, 11) is 0. The summed E-state index contributed by atoms with van der Waals surface area (Å²) in [4.78, 5) is 30.6. The summed E-state index contributed by atoms with van der Waals surface area (Å²) < 4.78 is 5.30. The molecule has 8 heteroatoms. The smallest absolute Gasteiger partial charge is 0.337 e. The fourth-order valence-electron chi connectivity index (χ4n) is 5.55. The maximum atomic E-state index is 12.9. The fourth-order valence-corrected chi connectivity index (χ4v) is 5.55. The zero-order valence-corrected chi connectivity index (χ0v) is 19.7. The molecule has 0 spiro atoms. The molecule has 1 aliphatic heterocycles. The normalized spacial score (nSPS) is 24.1. The molecule has 0 saturated heterocycles. The first-order valence-corrected chi connectivity index (χ1v) is 12.5. The van der Waals surface area contributed by atoms with Gasteiger partial charge in [-0.2, -0.15) is 5.26 Å². The quantitative estimate of drug-likeness (QED) is 0.591. The molecular formula is C27H30N4O4. The number of carbonyl (C=O) groups is 1. The van der Waals surface area contributed by atoms with E-state index in [1.165, 1.54) is 31.7 Å². The average molecular weight is 475 g/mol. The van der Waals surface area contributed by atoms with Crippen LogP contribution in [0.5, 0.6) is 0 Å². The van der Waals surface area contributed by atoms with Crippen LogP contribution in [-0.4, -0.2) is 18.0 Å². The van der Waals surface area contributed by atoms with E-state index in [2.05, 4.69) is 21.9 Å². The molecular weight excluding hydrogens is 444 g/mol. The number of nitriles is 1. The molecule has 2 N–H and O–H groups in total. The molecule has 1 aromatic heterocycles. The molecule has 8 nitrogen and oxygen atoms in total. The van der Waals surface area contributed by atoms with E-state index in [4.69, 9.17) is 9.25 Å². The number of hydrogen-bond donors (Lipinski definition) is 2. The summed E-state index contributed by atoms with van der Waals surface area (Å²) in [6.45, 7) is 0. The molecule has 2 aliphatic carbocycles. The highest BCUT2D eigenvalue weighted by Gasteiger charge is 2.36. The molecule has 2 heterocycles. The van der Waals surface area contributed by atoms with Crippen LogP contribution in [-0.2, 0) is 16.7 Å². The van der Waals surface area contributed by atoms with Gasteiger partial charge >= 0.3 is 5.63 Å². The Labute approximate surface area is 204 Å². The lowest BCUT2D eigenvalue weighted by Gasteiger charge is -2.32. The van der Waals surface area contributed by atoms with Crippen molar-refractivity contribution < 1.29 is 14.0 Å². The molecule has 1 aromatic carbocycles. The predicted octanol–water partition coefficient (Wildman–Crippen LogP) is 4.61. The van der Waals surface area contributed by atoms with E-state index in [1.54, 1.807) is 0 Å². The number of fused-ring (bicyclic) bond motifs is 1. The maximum Gasteiger partial charge on any atom is 0.337 e. The second-order valence-electron chi connectivity index (χ2n) is 9.80. The van der Waals surface area contributed by atoms with Gasteiger partial charge < -0.3 is 14.6 Å². The van der Waals surface area contributed by atoms with Gasteiger partial charge in [0.2, 0.25) is 5.88 Å². The van der Waals surface area contributed by atoms with Crippen molar-refractivity contribution in [3.8, 4) is 6.07 Å². The molecule has 1 atom stereocenters. The van der Waals surface area contributed by atoms with E-state index >= 15 is 0 Å². The monoisotopic (exact) mass is 474 g/mol. The number of aryl methyl sites for hydroxylation is 1. The lowest BCUT2D eigenvalue weighted by atomic mass is 9.70. The van der Waals surface area contributed by atoms with Crippen LogP contribution in [0.2, 0.25) is 0 Å². The second-order valence-corrected chi connectivity index (χ2v) is 9.80. The molecule has 0 bridgehead atoms. The van der Waals surface area contributed by atoms with Crippen LogP contribution >= 0.6 is 0 Å². The van der Waals surface area contributed by atoms with E-state index in [0.717, 1.165) is 17.7 Å². The van der Waals surface area contributed by atoms with Crippen LogP contribution in [0, 0.1) is 17.2 Å². The molecule has 2 fully saturated rings. The van der Waals surface area contributed by atoms with Gasteiger partial charge in [0.25, 0.3) is 12.3 Å². The van der Waals surface area contributed by atoms with Crippen LogP contribution < -0.4 is 16.3 Å². The highest BCUT2D eigenvalue weighted by molar-refractivity contribution is 6.01. The SMILES string of the molecule is N#CC1(c2ccccc2)CCC(=NOC2NC(=O)c3c(CCC4CCCC4)cc(=O)oc3N2)CC1. The standard InChI is InChI=1S/C27H30N4O4/c28-17-27(20-8-2-1-3-9-20)14-12-21(13-15-27)31-35-26-29-24(33)23-19(11-10-18-6-4-5-7-18)16-22(32)34-25(23)30-26/h1-3,8-9,16,18,26,30H,4-7,10-15H2,(H,29,33). The molecule has 35 heavy (non-hydrogen) atoms. The lowest BCUT2D eigenvalue weighted by molar-refractivity contribution is 0.0412. The first-order chi connectivity index (χ1) is 17.1. The van der Waals surface area contributed by atoms with Crippen molar-refractivity contribution in [2.75, 3.05) is 5.32 Å². The highest BCUT2D eigenvalue weighted by Crippen LogP contribution is 2.38. The molecule has 1 unspecified atom stereocenters. The molecule has 5 rings (SSSR count). The van der Waals surface area contributed by atoms with E-state index in [1.807, 2.05) is 30.3 Å². The summed E-state index contributed by atoms with van der Waals surface area (Å²) in [5, 5.41) is 19.8.